The summed E-state index contributed by atoms with van der Waals surface area (Å²) in [5.41, 5.74) is 1.88. The third kappa shape index (κ3) is 5.24. The molecule has 1 N–H and O–H groups in total. The van der Waals surface area contributed by atoms with Crippen LogP contribution in [0.15, 0.2) is 59.3 Å². The van der Waals surface area contributed by atoms with Crippen molar-refractivity contribution in [2.24, 2.45) is 0 Å². The number of nitrogens with zero attached hydrogens (tertiary/aromatic N) is 2. The highest BCUT2D eigenvalue weighted by Crippen LogP contribution is 2.44. The second-order valence-electron chi connectivity index (χ2n) is 7.53. The van der Waals surface area contributed by atoms with Crippen LogP contribution < -0.4 is 4.74 Å². The third-order valence-corrected chi connectivity index (χ3v) is 5.85. The fourth-order valence-corrected chi connectivity index (χ4v) is 4.01. The molecule has 1 heterocycles. The normalized spacial score (nSPS) is 13.9. The van der Waals surface area contributed by atoms with Crippen LogP contribution in [-0.4, -0.2) is 21.0 Å². The third-order valence-electron chi connectivity index (χ3n) is 5.32. The van der Waals surface area contributed by atoms with E-state index in [2.05, 4.69) is 25.9 Å². The molecule has 4 rings (SSSR count). The minimum absolute atomic E-state index is 0.183. The van der Waals surface area contributed by atoms with E-state index in [1.54, 1.807) is 0 Å². The number of alkyl halides is 3. The number of carboxylic acids is 1. The van der Waals surface area contributed by atoms with Crippen molar-refractivity contribution in [3.8, 4) is 5.75 Å². The van der Waals surface area contributed by atoms with Crippen LogP contribution in [0.5, 0.6) is 5.75 Å². The van der Waals surface area contributed by atoms with Gasteiger partial charge >= 0.3 is 12.1 Å². The van der Waals surface area contributed by atoms with Crippen LogP contribution in [-0.2, 0) is 12.8 Å². The van der Waals surface area contributed by atoms with Gasteiger partial charge in [-0.25, -0.2) is 9.78 Å². The molecule has 0 bridgehead atoms. The number of allylic oxidation sites excluding steroid dienone is 2. The largest absolute Gasteiger partial charge is 0.488 e. The maximum Gasteiger partial charge on any atom is 0.416 e. The van der Waals surface area contributed by atoms with Gasteiger partial charge in [0.05, 0.1) is 23.7 Å². The van der Waals surface area contributed by atoms with Crippen LogP contribution in [0, 0.1) is 0 Å². The molecule has 0 atom stereocenters. The summed E-state index contributed by atoms with van der Waals surface area (Å²) < 4.78 is 47.3. The minimum atomic E-state index is -4.51. The molecule has 0 spiro atoms. The van der Waals surface area contributed by atoms with E-state index in [-0.39, 0.29) is 12.3 Å². The number of halogens is 4. The molecule has 0 aliphatic heterocycles. The average Bonchev–Trinajstić information content (AvgIpc) is 3.28. The van der Waals surface area contributed by atoms with Gasteiger partial charge in [0.1, 0.15) is 12.4 Å². The predicted octanol–water partition coefficient (Wildman–Crippen LogP) is 6.63. The summed E-state index contributed by atoms with van der Waals surface area (Å²) in [6.45, 7) is 0.183. The van der Waals surface area contributed by atoms with E-state index in [4.69, 9.17) is 4.74 Å². The minimum Gasteiger partial charge on any atom is -0.488 e. The first-order valence-electron chi connectivity index (χ1n) is 10.1. The molecule has 1 aliphatic carbocycles. The Balaban J connectivity index is 1.77. The summed E-state index contributed by atoms with van der Waals surface area (Å²) in [6, 6.07) is 10.9. The van der Waals surface area contributed by atoms with Gasteiger partial charge in [-0.15, -0.1) is 0 Å². The standard InChI is InChI=1S/C24H18BrF3N2O3/c25-16-7-4-14(5-8-16)13-33-22-9-6-15(24(26,27)28)10-19(22)17-2-1-3-18(17)20-11-29-12-21(30-20)23(31)32/h4-12H,1-3,13H2,(H,31,32). The highest BCUT2D eigenvalue weighted by molar-refractivity contribution is 9.10. The van der Waals surface area contributed by atoms with Crippen molar-refractivity contribution in [1.29, 1.82) is 0 Å². The van der Waals surface area contributed by atoms with E-state index in [0.29, 0.717) is 47.4 Å². The summed E-state index contributed by atoms with van der Waals surface area (Å²) >= 11 is 3.37. The van der Waals surface area contributed by atoms with Crippen molar-refractivity contribution in [3.63, 3.8) is 0 Å². The van der Waals surface area contributed by atoms with Gasteiger partial charge in [0.15, 0.2) is 5.69 Å². The molecule has 0 saturated heterocycles. The van der Waals surface area contributed by atoms with E-state index in [9.17, 15) is 23.1 Å². The number of aromatic carboxylic acids is 1. The summed E-state index contributed by atoms with van der Waals surface area (Å²) in [5.74, 6) is -0.898. The molecule has 0 unspecified atom stereocenters. The topological polar surface area (TPSA) is 72.3 Å². The van der Waals surface area contributed by atoms with E-state index in [1.165, 1.54) is 12.3 Å². The Labute approximate surface area is 196 Å². The first-order chi connectivity index (χ1) is 15.7. The Morgan fingerprint density at radius 2 is 1.79 bits per heavy atom. The fourth-order valence-electron chi connectivity index (χ4n) is 3.75. The number of hydrogen-bond donors (Lipinski definition) is 1. The molecular weight excluding hydrogens is 501 g/mol. The van der Waals surface area contributed by atoms with E-state index in [0.717, 1.165) is 28.4 Å². The average molecular weight is 519 g/mol. The molecule has 170 valence electrons. The first kappa shape index (κ1) is 23.0. The number of benzene rings is 2. The smallest absolute Gasteiger partial charge is 0.416 e. The zero-order valence-corrected chi connectivity index (χ0v) is 18.8. The summed E-state index contributed by atoms with van der Waals surface area (Å²) in [4.78, 5) is 19.4. The molecule has 0 radical (unpaired) electrons. The van der Waals surface area contributed by atoms with Gasteiger partial charge in [-0.3, -0.25) is 4.98 Å². The lowest BCUT2D eigenvalue weighted by atomic mass is 9.97. The molecule has 0 amide bonds. The Morgan fingerprint density at radius 1 is 1.06 bits per heavy atom. The molecule has 0 fully saturated rings. The Bertz CT molecular complexity index is 1220. The van der Waals surface area contributed by atoms with Crippen LogP contribution in [0.3, 0.4) is 0 Å². The molecular formula is C24H18BrF3N2O3. The van der Waals surface area contributed by atoms with Crippen molar-refractivity contribution in [2.75, 3.05) is 0 Å². The van der Waals surface area contributed by atoms with Gasteiger partial charge in [-0.05, 0) is 66.3 Å². The van der Waals surface area contributed by atoms with Crippen LogP contribution in [0.2, 0.25) is 0 Å². The SMILES string of the molecule is O=C(O)c1cncc(C2=C(c3cc(C(F)(F)F)ccc3OCc3ccc(Br)cc3)CCC2)n1. The van der Waals surface area contributed by atoms with Crippen LogP contribution in [0.4, 0.5) is 13.2 Å². The number of aromatic nitrogens is 2. The van der Waals surface area contributed by atoms with Gasteiger partial charge < -0.3 is 9.84 Å². The number of ether oxygens (including phenoxy) is 1. The second kappa shape index (κ2) is 9.35. The van der Waals surface area contributed by atoms with Gasteiger partial charge in [-0.1, -0.05) is 28.1 Å². The van der Waals surface area contributed by atoms with Crippen LogP contribution >= 0.6 is 15.9 Å². The molecule has 3 aromatic rings. The van der Waals surface area contributed by atoms with Crippen molar-refractivity contribution < 1.29 is 27.8 Å². The summed E-state index contributed by atoms with van der Waals surface area (Å²) in [6.07, 6.45) is -0.172. The van der Waals surface area contributed by atoms with Crippen molar-refractivity contribution in [1.82, 2.24) is 9.97 Å². The maximum absolute atomic E-state index is 13.5. The van der Waals surface area contributed by atoms with Crippen molar-refractivity contribution in [3.05, 3.63) is 87.4 Å². The van der Waals surface area contributed by atoms with Gasteiger partial charge in [-0.2, -0.15) is 13.2 Å². The summed E-state index contributed by atoms with van der Waals surface area (Å²) in [7, 11) is 0. The maximum atomic E-state index is 13.5. The number of carbonyl (C=O) groups is 1. The monoisotopic (exact) mass is 518 g/mol. The lowest BCUT2D eigenvalue weighted by Crippen LogP contribution is -2.07. The molecule has 5 nitrogen and oxygen atoms in total. The molecule has 9 heteroatoms. The molecule has 1 aliphatic rings. The summed E-state index contributed by atoms with van der Waals surface area (Å²) in [5, 5.41) is 9.23. The van der Waals surface area contributed by atoms with E-state index >= 15 is 0 Å². The Morgan fingerprint density at radius 3 is 2.48 bits per heavy atom. The van der Waals surface area contributed by atoms with E-state index < -0.39 is 17.7 Å². The van der Waals surface area contributed by atoms with E-state index in [1.807, 2.05) is 24.3 Å². The second-order valence-corrected chi connectivity index (χ2v) is 8.44. The number of carboxylic acid groups (broad SMARTS) is 1. The molecule has 2 aromatic carbocycles. The number of hydrogen-bond acceptors (Lipinski definition) is 4. The Hall–Kier alpha value is -3.20. The van der Waals surface area contributed by atoms with Crippen molar-refractivity contribution in [2.45, 2.75) is 32.0 Å². The van der Waals surface area contributed by atoms with Crippen LogP contribution in [0.25, 0.3) is 11.1 Å². The quantitative estimate of drug-likeness (QED) is 0.396. The number of rotatable bonds is 6. The zero-order chi connectivity index (χ0) is 23.6. The van der Waals surface area contributed by atoms with Gasteiger partial charge in [0.25, 0.3) is 0 Å². The highest BCUT2D eigenvalue weighted by atomic mass is 79.9. The molecule has 0 saturated carbocycles. The van der Waals surface area contributed by atoms with Crippen molar-refractivity contribution >= 4 is 33.0 Å². The lowest BCUT2D eigenvalue weighted by molar-refractivity contribution is -0.137. The predicted molar refractivity (Wildman–Crippen MR) is 120 cm³/mol. The Kier molecular flexibility index (Phi) is 6.51. The molecule has 1 aromatic heterocycles. The fraction of sp³-hybridized carbons (Fsp3) is 0.208. The lowest BCUT2D eigenvalue weighted by Gasteiger charge is -2.17. The first-order valence-corrected chi connectivity index (χ1v) is 10.9. The zero-order valence-electron chi connectivity index (χ0n) is 17.2. The van der Waals surface area contributed by atoms with Crippen LogP contribution in [0.1, 0.15) is 52.1 Å². The highest BCUT2D eigenvalue weighted by Gasteiger charge is 2.32. The van der Waals surface area contributed by atoms with Gasteiger partial charge in [0, 0.05) is 10.0 Å². The molecule has 33 heavy (non-hydrogen) atoms. The van der Waals surface area contributed by atoms with Gasteiger partial charge in [0.2, 0.25) is 0 Å².